The van der Waals surface area contributed by atoms with E-state index < -0.39 is 11.6 Å². The Morgan fingerprint density at radius 1 is 1.00 bits per heavy atom. The van der Waals surface area contributed by atoms with Crippen molar-refractivity contribution in [3.63, 3.8) is 0 Å². The molecule has 0 saturated heterocycles. The number of carbonyl (C=O) groups is 2. The molecule has 0 unspecified atom stereocenters. The Morgan fingerprint density at radius 2 is 1.64 bits per heavy atom. The van der Waals surface area contributed by atoms with Crippen LogP contribution in [0.4, 0.5) is 25.3 Å². The molecule has 10 heteroatoms. The number of rotatable bonds is 10. The van der Waals surface area contributed by atoms with E-state index in [2.05, 4.69) is 15.6 Å². The highest BCUT2D eigenvalue weighted by molar-refractivity contribution is 7.14. The van der Waals surface area contributed by atoms with Crippen molar-refractivity contribution in [3.8, 4) is 17.0 Å². The Labute approximate surface area is 194 Å². The quantitative estimate of drug-likeness (QED) is 0.276. The maximum absolute atomic E-state index is 13.3. The third-order valence-corrected chi connectivity index (χ3v) is 5.57. The van der Waals surface area contributed by atoms with Crippen LogP contribution in [0.25, 0.3) is 11.3 Å². The number of halogens is 2. The predicted octanol–water partition coefficient (Wildman–Crippen LogP) is 5.21. The molecule has 3 aromatic rings. The summed E-state index contributed by atoms with van der Waals surface area (Å²) in [6.07, 6.45) is 2.28. The van der Waals surface area contributed by atoms with Crippen LogP contribution < -0.4 is 21.1 Å². The molecule has 0 aliphatic rings. The predicted molar refractivity (Wildman–Crippen MR) is 125 cm³/mol. The fraction of sp³-hybridized carbons (Fsp3) is 0.261. The molecule has 7 nitrogen and oxygen atoms in total. The van der Waals surface area contributed by atoms with E-state index in [9.17, 15) is 18.4 Å². The summed E-state index contributed by atoms with van der Waals surface area (Å²) in [5, 5.41) is 7.65. The van der Waals surface area contributed by atoms with Gasteiger partial charge in [-0.15, -0.1) is 11.3 Å². The number of nitrogens with one attached hydrogen (secondary N) is 2. The van der Waals surface area contributed by atoms with Gasteiger partial charge in [0.1, 0.15) is 5.75 Å². The molecule has 2 amide bonds. The van der Waals surface area contributed by atoms with Crippen molar-refractivity contribution in [2.24, 2.45) is 0 Å². The zero-order valence-corrected chi connectivity index (χ0v) is 18.8. The number of hydrogen-bond acceptors (Lipinski definition) is 6. The van der Waals surface area contributed by atoms with Crippen molar-refractivity contribution < 1.29 is 23.1 Å². The summed E-state index contributed by atoms with van der Waals surface area (Å²) >= 11 is 1.35. The van der Waals surface area contributed by atoms with E-state index in [4.69, 9.17) is 10.5 Å². The molecule has 174 valence electrons. The average molecular weight is 475 g/mol. The maximum atomic E-state index is 13.3. The van der Waals surface area contributed by atoms with Crippen LogP contribution >= 0.6 is 11.3 Å². The van der Waals surface area contributed by atoms with Gasteiger partial charge in [-0.1, -0.05) is 6.42 Å². The van der Waals surface area contributed by atoms with Crippen molar-refractivity contribution in [1.29, 1.82) is 0 Å². The minimum atomic E-state index is -1.08. The number of nitrogens with zero attached hydrogens (tertiary/aromatic N) is 1. The molecule has 2 aromatic carbocycles. The number of anilines is 3. The molecular formula is C23H24F2N4O3S. The summed E-state index contributed by atoms with van der Waals surface area (Å²) < 4.78 is 31.5. The standard InChI is InChI=1S/C23H24F2N4O3S/c1-32-15-9-7-14(8-10-15)20-13-33-23(28-20)29-22(31)6-4-2-3-5-21(30)27-19-12-17(25)16(24)11-18(19)26/h7-13H,2-6,26H2,1H3,(H,27,30)(H,28,29,31). The molecule has 0 fully saturated rings. The van der Waals surface area contributed by atoms with Gasteiger partial charge in [0.2, 0.25) is 11.8 Å². The summed E-state index contributed by atoms with van der Waals surface area (Å²) in [6, 6.07) is 9.17. The molecular weight excluding hydrogens is 450 g/mol. The van der Waals surface area contributed by atoms with E-state index in [-0.39, 0.29) is 29.6 Å². The molecule has 33 heavy (non-hydrogen) atoms. The van der Waals surface area contributed by atoms with E-state index in [1.165, 1.54) is 11.3 Å². The lowest BCUT2D eigenvalue weighted by molar-refractivity contribution is -0.116. The fourth-order valence-electron chi connectivity index (χ4n) is 3.04. The van der Waals surface area contributed by atoms with Crippen molar-refractivity contribution in [2.45, 2.75) is 32.1 Å². The SMILES string of the molecule is COc1ccc(-c2csc(NC(=O)CCCCCC(=O)Nc3cc(F)c(F)cc3N)n2)cc1. The zero-order valence-electron chi connectivity index (χ0n) is 18.0. The van der Waals surface area contributed by atoms with Gasteiger partial charge in [-0.2, -0.15) is 0 Å². The summed E-state index contributed by atoms with van der Waals surface area (Å²) in [5.41, 5.74) is 7.27. The maximum Gasteiger partial charge on any atom is 0.226 e. The van der Waals surface area contributed by atoms with Gasteiger partial charge in [-0.25, -0.2) is 13.8 Å². The number of carbonyl (C=O) groups excluding carboxylic acids is 2. The summed E-state index contributed by atoms with van der Waals surface area (Å²) in [5.74, 6) is -1.90. The highest BCUT2D eigenvalue weighted by Crippen LogP contribution is 2.27. The first-order valence-corrected chi connectivity index (χ1v) is 11.2. The van der Waals surface area contributed by atoms with Crippen molar-refractivity contribution in [1.82, 2.24) is 4.98 Å². The molecule has 0 saturated carbocycles. The molecule has 0 spiro atoms. The van der Waals surface area contributed by atoms with Gasteiger partial charge < -0.3 is 21.1 Å². The molecule has 0 aliphatic carbocycles. The van der Waals surface area contributed by atoms with Gasteiger partial charge in [-0.3, -0.25) is 9.59 Å². The van der Waals surface area contributed by atoms with E-state index in [0.717, 1.165) is 29.1 Å². The molecule has 1 heterocycles. The van der Waals surface area contributed by atoms with Crippen LogP contribution in [0.3, 0.4) is 0 Å². The largest absolute Gasteiger partial charge is 0.497 e. The van der Waals surface area contributed by atoms with Crippen LogP contribution in [0.2, 0.25) is 0 Å². The number of benzene rings is 2. The second-order valence-corrected chi connectivity index (χ2v) is 8.14. The van der Waals surface area contributed by atoms with Gasteiger partial charge in [0, 0.05) is 35.9 Å². The number of nitrogen functional groups attached to an aromatic ring is 1. The number of unbranched alkanes of at least 4 members (excludes halogenated alkanes) is 2. The van der Waals surface area contributed by atoms with E-state index in [1.54, 1.807) is 7.11 Å². The number of nitrogens with two attached hydrogens (primary N) is 1. The number of hydrogen-bond donors (Lipinski definition) is 3. The average Bonchev–Trinajstić information content (AvgIpc) is 3.25. The number of amides is 2. The molecule has 1 aromatic heterocycles. The number of thiazole rings is 1. The summed E-state index contributed by atoms with van der Waals surface area (Å²) in [4.78, 5) is 28.6. The second kappa shape index (κ2) is 11.4. The van der Waals surface area contributed by atoms with Crippen molar-refractivity contribution in [2.75, 3.05) is 23.5 Å². The minimum Gasteiger partial charge on any atom is -0.497 e. The molecule has 0 aliphatic heterocycles. The zero-order chi connectivity index (χ0) is 23.8. The van der Waals surface area contributed by atoms with Crippen LogP contribution in [-0.4, -0.2) is 23.9 Å². The Balaban J connectivity index is 1.36. The number of ether oxygens (including phenoxy) is 1. The van der Waals surface area contributed by atoms with Crippen molar-refractivity contribution in [3.05, 3.63) is 53.4 Å². The van der Waals surface area contributed by atoms with Crippen LogP contribution in [-0.2, 0) is 9.59 Å². The fourth-order valence-corrected chi connectivity index (χ4v) is 3.77. The monoisotopic (exact) mass is 474 g/mol. The second-order valence-electron chi connectivity index (χ2n) is 7.28. The Bertz CT molecular complexity index is 1120. The minimum absolute atomic E-state index is 0.0377. The van der Waals surface area contributed by atoms with Gasteiger partial charge in [0.05, 0.1) is 24.2 Å². The first-order chi connectivity index (χ1) is 15.9. The lowest BCUT2D eigenvalue weighted by atomic mass is 10.1. The Hall–Kier alpha value is -3.53. The highest BCUT2D eigenvalue weighted by Gasteiger charge is 2.11. The van der Waals surface area contributed by atoms with Gasteiger partial charge >= 0.3 is 0 Å². The topological polar surface area (TPSA) is 106 Å². The summed E-state index contributed by atoms with van der Waals surface area (Å²) in [7, 11) is 1.60. The Morgan fingerprint density at radius 3 is 2.30 bits per heavy atom. The van der Waals surface area contributed by atoms with Crippen LogP contribution in [0.15, 0.2) is 41.8 Å². The van der Waals surface area contributed by atoms with Crippen LogP contribution in [0, 0.1) is 11.6 Å². The molecule has 0 atom stereocenters. The molecule has 0 radical (unpaired) electrons. The van der Waals surface area contributed by atoms with Gasteiger partial charge in [0.15, 0.2) is 16.8 Å². The smallest absolute Gasteiger partial charge is 0.226 e. The molecule has 0 bridgehead atoms. The van der Waals surface area contributed by atoms with Crippen LogP contribution in [0.5, 0.6) is 5.75 Å². The Kier molecular flexibility index (Phi) is 8.31. The highest BCUT2D eigenvalue weighted by atomic mass is 32.1. The lowest BCUT2D eigenvalue weighted by Crippen LogP contribution is -2.13. The third kappa shape index (κ3) is 6.98. The van der Waals surface area contributed by atoms with E-state index in [0.29, 0.717) is 30.8 Å². The van der Waals surface area contributed by atoms with Crippen LogP contribution in [0.1, 0.15) is 32.1 Å². The van der Waals surface area contributed by atoms with E-state index in [1.807, 2.05) is 29.6 Å². The molecule has 3 rings (SSSR count). The number of methoxy groups -OCH3 is 1. The lowest BCUT2D eigenvalue weighted by Gasteiger charge is -2.09. The van der Waals surface area contributed by atoms with E-state index >= 15 is 0 Å². The first-order valence-electron chi connectivity index (χ1n) is 10.3. The van der Waals surface area contributed by atoms with Gasteiger partial charge in [0.25, 0.3) is 0 Å². The molecule has 4 N–H and O–H groups in total. The normalized spacial score (nSPS) is 10.6. The first kappa shape index (κ1) is 24.1. The number of aromatic nitrogens is 1. The van der Waals surface area contributed by atoms with Gasteiger partial charge in [-0.05, 0) is 37.1 Å². The summed E-state index contributed by atoms with van der Waals surface area (Å²) in [6.45, 7) is 0. The third-order valence-electron chi connectivity index (χ3n) is 4.81. The van der Waals surface area contributed by atoms with Crippen molar-refractivity contribution >= 4 is 39.7 Å².